The Balaban J connectivity index is 1.42. The van der Waals surface area contributed by atoms with Crippen LogP contribution >= 0.6 is 0 Å². The Morgan fingerprint density at radius 3 is 2.65 bits per heavy atom. The molecular weight excluding hydrogens is 394 g/mol. The Morgan fingerprint density at radius 2 is 1.84 bits per heavy atom. The number of anilines is 2. The predicted molar refractivity (Wildman–Crippen MR) is 117 cm³/mol. The number of hydrogen-bond acceptors (Lipinski definition) is 4. The fraction of sp³-hybridized carbons (Fsp3) is 0.208. The van der Waals surface area contributed by atoms with E-state index >= 15 is 0 Å². The summed E-state index contributed by atoms with van der Waals surface area (Å²) in [7, 11) is 0. The van der Waals surface area contributed by atoms with Crippen molar-refractivity contribution in [3.8, 4) is 0 Å². The predicted octanol–water partition coefficient (Wildman–Crippen LogP) is 3.63. The van der Waals surface area contributed by atoms with Crippen LogP contribution in [0.5, 0.6) is 0 Å². The number of furan rings is 1. The van der Waals surface area contributed by atoms with E-state index < -0.39 is 11.9 Å². The van der Waals surface area contributed by atoms with Crippen molar-refractivity contribution in [2.75, 3.05) is 16.8 Å². The molecule has 2 heterocycles. The molecule has 0 bridgehead atoms. The SMILES string of the molecule is CC(NC(=O)c1cccc(NC(=O)c2ccco2)c1)C(=O)N1CCCc2ccccc21. The number of aryl methyl sites for hydroxylation is 1. The van der Waals surface area contributed by atoms with Gasteiger partial charge in [0.2, 0.25) is 5.91 Å². The molecule has 0 spiro atoms. The van der Waals surface area contributed by atoms with E-state index in [1.165, 1.54) is 6.26 Å². The molecule has 2 N–H and O–H groups in total. The third kappa shape index (κ3) is 4.50. The van der Waals surface area contributed by atoms with E-state index in [-0.39, 0.29) is 17.6 Å². The van der Waals surface area contributed by atoms with Gasteiger partial charge in [0.25, 0.3) is 11.8 Å². The summed E-state index contributed by atoms with van der Waals surface area (Å²) >= 11 is 0. The van der Waals surface area contributed by atoms with Crippen molar-refractivity contribution in [1.29, 1.82) is 0 Å². The van der Waals surface area contributed by atoms with Gasteiger partial charge in [0.15, 0.2) is 5.76 Å². The van der Waals surface area contributed by atoms with Gasteiger partial charge in [-0.15, -0.1) is 0 Å². The van der Waals surface area contributed by atoms with Crippen molar-refractivity contribution in [2.24, 2.45) is 0 Å². The van der Waals surface area contributed by atoms with Crippen molar-refractivity contribution in [3.63, 3.8) is 0 Å². The number of rotatable bonds is 5. The van der Waals surface area contributed by atoms with E-state index in [1.54, 1.807) is 48.2 Å². The first-order valence-corrected chi connectivity index (χ1v) is 10.2. The summed E-state index contributed by atoms with van der Waals surface area (Å²) < 4.78 is 5.07. The number of nitrogens with one attached hydrogen (secondary N) is 2. The zero-order valence-electron chi connectivity index (χ0n) is 17.1. The van der Waals surface area contributed by atoms with Gasteiger partial charge >= 0.3 is 0 Å². The number of amides is 3. The summed E-state index contributed by atoms with van der Waals surface area (Å²) in [6.45, 7) is 2.31. The lowest BCUT2D eigenvalue weighted by Gasteiger charge is -2.31. The van der Waals surface area contributed by atoms with Gasteiger partial charge in [-0.3, -0.25) is 14.4 Å². The summed E-state index contributed by atoms with van der Waals surface area (Å²) in [4.78, 5) is 39.6. The maximum atomic E-state index is 13.0. The third-order valence-corrected chi connectivity index (χ3v) is 5.22. The quantitative estimate of drug-likeness (QED) is 0.663. The maximum absolute atomic E-state index is 13.0. The molecule has 1 aromatic heterocycles. The molecule has 31 heavy (non-hydrogen) atoms. The summed E-state index contributed by atoms with van der Waals surface area (Å²) in [6, 6.07) is 16.9. The minimum absolute atomic E-state index is 0.150. The molecule has 158 valence electrons. The Morgan fingerprint density at radius 1 is 1.00 bits per heavy atom. The lowest BCUT2D eigenvalue weighted by Crippen LogP contribution is -2.48. The van der Waals surface area contributed by atoms with Crippen LogP contribution in [0, 0.1) is 0 Å². The minimum atomic E-state index is -0.694. The van der Waals surface area contributed by atoms with Crippen LogP contribution < -0.4 is 15.5 Å². The van der Waals surface area contributed by atoms with E-state index in [0.29, 0.717) is 17.8 Å². The molecule has 0 radical (unpaired) electrons. The monoisotopic (exact) mass is 417 g/mol. The Hall–Kier alpha value is -3.87. The average Bonchev–Trinajstić information content (AvgIpc) is 3.33. The van der Waals surface area contributed by atoms with Gasteiger partial charge in [0, 0.05) is 23.5 Å². The number of para-hydroxylation sites is 1. The van der Waals surface area contributed by atoms with E-state index in [9.17, 15) is 14.4 Å². The molecule has 4 rings (SSSR count). The molecule has 3 amide bonds. The van der Waals surface area contributed by atoms with Gasteiger partial charge in [-0.25, -0.2) is 0 Å². The molecule has 1 unspecified atom stereocenters. The van der Waals surface area contributed by atoms with Crippen LogP contribution in [0.25, 0.3) is 0 Å². The van der Waals surface area contributed by atoms with Crippen LogP contribution in [0.1, 0.15) is 39.8 Å². The number of carbonyl (C=O) groups excluding carboxylic acids is 3. The summed E-state index contributed by atoms with van der Waals surface area (Å²) in [6.07, 6.45) is 3.25. The number of benzene rings is 2. The second-order valence-corrected chi connectivity index (χ2v) is 7.43. The summed E-state index contributed by atoms with van der Waals surface area (Å²) in [5.41, 5.74) is 2.84. The molecule has 0 fully saturated rings. The lowest BCUT2D eigenvalue weighted by molar-refractivity contribution is -0.120. The van der Waals surface area contributed by atoms with Gasteiger partial charge in [-0.2, -0.15) is 0 Å². The number of carbonyl (C=O) groups is 3. The van der Waals surface area contributed by atoms with Crippen molar-refractivity contribution in [3.05, 3.63) is 83.8 Å². The fourth-order valence-electron chi connectivity index (χ4n) is 3.68. The van der Waals surface area contributed by atoms with Crippen molar-refractivity contribution >= 4 is 29.1 Å². The summed E-state index contributed by atoms with van der Waals surface area (Å²) in [5.74, 6) is -0.770. The molecule has 0 saturated carbocycles. The highest BCUT2D eigenvalue weighted by Gasteiger charge is 2.27. The first kappa shape index (κ1) is 20.4. The molecule has 0 aliphatic carbocycles. The van der Waals surface area contributed by atoms with Crippen LogP contribution in [0.3, 0.4) is 0 Å². The standard InChI is InChI=1S/C24H23N3O4/c1-16(24(30)27-13-5-9-17-7-2-3-11-20(17)27)25-22(28)18-8-4-10-19(15-18)26-23(29)21-12-6-14-31-21/h2-4,6-8,10-12,14-16H,5,9,13H2,1H3,(H,25,28)(H,26,29). The molecule has 3 aromatic rings. The van der Waals surface area contributed by atoms with Gasteiger partial charge < -0.3 is 20.0 Å². The van der Waals surface area contributed by atoms with E-state index in [0.717, 1.165) is 24.1 Å². The highest BCUT2D eigenvalue weighted by atomic mass is 16.3. The van der Waals surface area contributed by atoms with Gasteiger partial charge in [-0.1, -0.05) is 24.3 Å². The van der Waals surface area contributed by atoms with Crippen LogP contribution in [0.4, 0.5) is 11.4 Å². The average molecular weight is 417 g/mol. The molecule has 7 nitrogen and oxygen atoms in total. The molecule has 7 heteroatoms. The third-order valence-electron chi connectivity index (χ3n) is 5.22. The van der Waals surface area contributed by atoms with Crippen molar-refractivity contribution < 1.29 is 18.8 Å². The largest absolute Gasteiger partial charge is 0.459 e. The molecular formula is C24H23N3O4. The molecule has 1 aliphatic rings. The van der Waals surface area contributed by atoms with Crippen LogP contribution in [0.2, 0.25) is 0 Å². The van der Waals surface area contributed by atoms with Gasteiger partial charge in [0.05, 0.1) is 6.26 Å². The molecule has 1 aliphatic heterocycles. The summed E-state index contributed by atoms with van der Waals surface area (Å²) in [5, 5.41) is 5.46. The Labute approximate surface area is 180 Å². The van der Waals surface area contributed by atoms with Crippen molar-refractivity contribution in [2.45, 2.75) is 25.8 Å². The Bertz CT molecular complexity index is 1110. The zero-order valence-corrected chi connectivity index (χ0v) is 17.1. The fourth-order valence-corrected chi connectivity index (χ4v) is 3.68. The normalized spacial score (nSPS) is 13.8. The minimum Gasteiger partial charge on any atom is -0.459 e. The second kappa shape index (κ2) is 8.87. The molecule has 1 atom stereocenters. The first-order valence-electron chi connectivity index (χ1n) is 10.2. The topological polar surface area (TPSA) is 91.6 Å². The van der Waals surface area contributed by atoms with Gasteiger partial charge in [0.1, 0.15) is 6.04 Å². The number of fused-ring (bicyclic) bond motifs is 1. The lowest BCUT2D eigenvalue weighted by atomic mass is 10.0. The number of hydrogen-bond donors (Lipinski definition) is 2. The van der Waals surface area contributed by atoms with E-state index in [4.69, 9.17) is 4.42 Å². The highest BCUT2D eigenvalue weighted by molar-refractivity contribution is 6.05. The van der Waals surface area contributed by atoms with Gasteiger partial charge in [-0.05, 0) is 61.7 Å². The number of nitrogens with zero attached hydrogens (tertiary/aromatic N) is 1. The maximum Gasteiger partial charge on any atom is 0.291 e. The van der Waals surface area contributed by atoms with E-state index in [2.05, 4.69) is 10.6 Å². The van der Waals surface area contributed by atoms with E-state index in [1.807, 2.05) is 24.3 Å². The molecule has 0 saturated heterocycles. The van der Waals surface area contributed by atoms with Crippen molar-refractivity contribution in [1.82, 2.24) is 5.32 Å². The highest BCUT2D eigenvalue weighted by Crippen LogP contribution is 2.27. The van der Waals surface area contributed by atoms with Crippen LogP contribution in [-0.4, -0.2) is 30.3 Å². The first-order chi connectivity index (χ1) is 15.0. The smallest absolute Gasteiger partial charge is 0.291 e. The second-order valence-electron chi connectivity index (χ2n) is 7.43. The Kier molecular flexibility index (Phi) is 5.84. The zero-order chi connectivity index (χ0) is 21.8. The molecule has 2 aromatic carbocycles. The van der Waals surface area contributed by atoms with Crippen LogP contribution in [0.15, 0.2) is 71.3 Å². The van der Waals surface area contributed by atoms with Crippen LogP contribution in [-0.2, 0) is 11.2 Å².